The van der Waals surface area contributed by atoms with Gasteiger partial charge in [0.05, 0.1) is 24.1 Å². The first-order valence-electron chi connectivity index (χ1n) is 11.1. The van der Waals surface area contributed by atoms with Crippen molar-refractivity contribution in [2.75, 3.05) is 26.2 Å². The van der Waals surface area contributed by atoms with Crippen LogP contribution in [-0.2, 0) is 24.2 Å². The lowest BCUT2D eigenvalue weighted by Gasteiger charge is -2.20. The third-order valence-electron chi connectivity index (χ3n) is 5.48. The zero-order valence-corrected chi connectivity index (χ0v) is 18.3. The molecule has 0 radical (unpaired) electrons. The molecule has 0 fully saturated rings. The molecule has 3 N–H and O–H groups in total. The lowest BCUT2D eigenvalue weighted by molar-refractivity contribution is -0.121. The van der Waals surface area contributed by atoms with Crippen molar-refractivity contribution in [2.24, 2.45) is 0 Å². The highest BCUT2D eigenvalue weighted by molar-refractivity contribution is 5.76. The average Bonchev–Trinajstić information content (AvgIpc) is 3.08. The van der Waals surface area contributed by atoms with Crippen molar-refractivity contribution in [1.29, 1.82) is 0 Å². The van der Waals surface area contributed by atoms with E-state index in [9.17, 15) is 9.59 Å². The molecule has 2 aromatic carbocycles. The van der Waals surface area contributed by atoms with Crippen LogP contribution in [0.1, 0.15) is 30.3 Å². The van der Waals surface area contributed by atoms with E-state index < -0.39 is 0 Å². The van der Waals surface area contributed by atoms with Crippen molar-refractivity contribution in [2.45, 2.75) is 32.7 Å². The van der Waals surface area contributed by atoms with Gasteiger partial charge in [-0.25, -0.2) is 9.78 Å². The zero-order chi connectivity index (χ0) is 22.3. The lowest BCUT2D eigenvalue weighted by Crippen LogP contribution is -2.40. The van der Waals surface area contributed by atoms with E-state index in [1.807, 2.05) is 49.4 Å². The molecule has 0 saturated heterocycles. The van der Waals surface area contributed by atoms with Crippen LogP contribution >= 0.6 is 0 Å². The van der Waals surface area contributed by atoms with E-state index in [-0.39, 0.29) is 11.9 Å². The Bertz CT molecular complexity index is 1060. The molecule has 8 heteroatoms. The smallest absolute Gasteiger partial charge is 0.317 e. The summed E-state index contributed by atoms with van der Waals surface area (Å²) in [6.45, 7) is 4.55. The van der Waals surface area contributed by atoms with Crippen LogP contribution in [0.25, 0.3) is 11.0 Å². The number of amides is 3. The maximum atomic E-state index is 12.3. The number of carbonyl (C=O) groups excluding carboxylic acids is 2. The largest absolute Gasteiger partial charge is 0.491 e. The van der Waals surface area contributed by atoms with Crippen LogP contribution in [0, 0.1) is 0 Å². The van der Waals surface area contributed by atoms with Crippen LogP contribution in [0.3, 0.4) is 0 Å². The van der Waals surface area contributed by atoms with E-state index in [2.05, 4.69) is 20.6 Å². The van der Waals surface area contributed by atoms with Gasteiger partial charge in [0.1, 0.15) is 18.2 Å². The number of urea groups is 1. The minimum atomic E-state index is -0.0850. The monoisotopic (exact) mass is 435 g/mol. The number of ether oxygens (including phenoxy) is 1. The Morgan fingerprint density at radius 1 is 1.16 bits per heavy atom. The van der Waals surface area contributed by atoms with Gasteiger partial charge in [0.2, 0.25) is 5.91 Å². The molecule has 4 rings (SSSR count). The van der Waals surface area contributed by atoms with Gasteiger partial charge in [0.25, 0.3) is 0 Å². The Morgan fingerprint density at radius 2 is 2.03 bits per heavy atom. The molecule has 2 heterocycles. The number of aromatic amines is 1. The normalized spacial score (nSPS) is 13.2. The molecule has 0 spiro atoms. The van der Waals surface area contributed by atoms with Crippen LogP contribution in [0.4, 0.5) is 4.79 Å². The first kappa shape index (κ1) is 21.7. The predicted molar refractivity (Wildman–Crippen MR) is 123 cm³/mol. The number of carbonyl (C=O) groups is 2. The van der Waals surface area contributed by atoms with Crippen LogP contribution in [-0.4, -0.2) is 53.0 Å². The van der Waals surface area contributed by atoms with Gasteiger partial charge in [-0.3, -0.25) is 4.79 Å². The summed E-state index contributed by atoms with van der Waals surface area (Å²) >= 11 is 0. The number of nitrogens with one attached hydrogen (secondary N) is 3. The van der Waals surface area contributed by atoms with E-state index in [0.717, 1.165) is 33.7 Å². The Hall–Kier alpha value is -3.55. The van der Waals surface area contributed by atoms with E-state index in [1.54, 1.807) is 4.90 Å². The van der Waals surface area contributed by atoms with Crippen molar-refractivity contribution in [1.82, 2.24) is 25.5 Å². The number of imidazole rings is 1. The van der Waals surface area contributed by atoms with Crippen LogP contribution in [0.2, 0.25) is 0 Å². The number of rotatable bonds is 7. The van der Waals surface area contributed by atoms with Gasteiger partial charge in [0.15, 0.2) is 0 Å². The third-order valence-corrected chi connectivity index (χ3v) is 5.48. The molecular formula is C24H29N5O3. The van der Waals surface area contributed by atoms with Gasteiger partial charge < -0.3 is 25.3 Å². The molecule has 0 bridgehead atoms. The number of aryl methyl sites for hydroxylation is 1. The summed E-state index contributed by atoms with van der Waals surface area (Å²) in [6.07, 6.45) is 1.69. The third kappa shape index (κ3) is 5.38. The highest BCUT2D eigenvalue weighted by atomic mass is 16.5. The van der Waals surface area contributed by atoms with Gasteiger partial charge in [-0.15, -0.1) is 0 Å². The predicted octanol–water partition coefficient (Wildman–Crippen LogP) is 2.78. The SMILES string of the molecule is CCNC(=O)N1CCOc2ccc(CCC(=O)NCCc3nc4ccccc4[nH]3)cc2C1. The highest BCUT2D eigenvalue weighted by Gasteiger charge is 2.19. The van der Waals surface area contributed by atoms with E-state index in [4.69, 9.17) is 4.74 Å². The molecule has 3 aromatic rings. The quantitative estimate of drug-likeness (QED) is 0.531. The summed E-state index contributed by atoms with van der Waals surface area (Å²) in [7, 11) is 0. The standard InChI is InChI=1S/C24H29N5O3/c1-2-25-24(31)29-13-14-32-21-9-7-17(15-18(21)16-29)8-10-23(30)26-12-11-22-27-19-5-3-4-6-20(19)28-22/h3-7,9,15H,2,8,10-14,16H2,1H3,(H,25,31)(H,26,30)(H,27,28). The summed E-state index contributed by atoms with van der Waals surface area (Å²) < 4.78 is 5.79. The molecule has 0 aliphatic carbocycles. The van der Waals surface area contributed by atoms with Gasteiger partial charge in [-0.2, -0.15) is 0 Å². The summed E-state index contributed by atoms with van der Waals surface area (Å²) in [6, 6.07) is 13.8. The first-order valence-corrected chi connectivity index (χ1v) is 11.1. The molecule has 32 heavy (non-hydrogen) atoms. The Balaban J connectivity index is 1.27. The van der Waals surface area contributed by atoms with Crippen molar-refractivity contribution in [3.05, 3.63) is 59.4 Å². The Labute approximate surface area is 187 Å². The highest BCUT2D eigenvalue weighted by Crippen LogP contribution is 2.25. The molecule has 8 nitrogen and oxygen atoms in total. The summed E-state index contributed by atoms with van der Waals surface area (Å²) in [4.78, 5) is 34.1. The second-order valence-corrected chi connectivity index (χ2v) is 7.85. The van der Waals surface area contributed by atoms with Gasteiger partial charge in [-0.1, -0.05) is 24.3 Å². The number of para-hydroxylation sites is 2. The van der Waals surface area contributed by atoms with Crippen molar-refractivity contribution < 1.29 is 14.3 Å². The Kier molecular flexibility index (Phi) is 6.89. The minimum Gasteiger partial charge on any atom is -0.491 e. The van der Waals surface area contributed by atoms with E-state index >= 15 is 0 Å². The summed E-state index contributed by atoms with van der Waals surface area (Å²) in [5.41, 5.74) is 3.97. The molecule has 0 saturated carbocycles. The fourth-order valence-corrected chi connectivity index (χ4v) is 3.83. The summed E-state index contributed by atoms with van der Waals surface area (Å²) in [5.74, 6) is 1.68. The van der Waals surface area contributed by atoms with Gasteiger partial charge in [0, 0.05) is 31.5 Å². The molecule has 1 aromatic heterocycles. The van der Waals surface area contributed by atoms with Crippen LogP contribution in [0.15, 0.2) is 42.5 Å². The maximum absolute atomic E-state index is 12.3. The number of benzene rings is 2. The number of aromatic nitrogens is 2. The molecule has 1 aliphatic heterocycles. The number of nitrogens with zero attached hydrogens (tertiary/aromatic N) is 2. The van der Waals surface area contributed by atoms with Crippen molar-refractivity contribution in [3.63, 3.8) is 0 Å². The van der Waals surface area contributed by atoms with Gasteiger partial charge in [-0.05, 0) is 37.1 Å². The van der Waals surface area contributed by atoms with E-state index in [1.165, 1.54) is 0 Å². The van der Waals surface area contributed by atoms with Crippen molar-refractivity contribution >= 4 is 23.0 Å². The number of fused-ring (bicyclic) bond motifs is 2. The number of hydrogen-bond acceptors (Lipinski definition) is 4. The lowest BCUT2D eigenvalue weighted by atomic mass is 10.0. The zero-order valence-electron chi connectivity index (χ0n) is 18.3. The molecular weight excluding hydrogens is 406 g/mol. The molecule has 0 unspecified atom stereocenters. The van der Waals surface area contributed by atoms with E-state index in [0.29, 0.717) is 52.0 Å². The number of H-pyrrole nitrogens is 1. The molecule has 3 amide bonds. The fraction of sp³-hybridized carbons (Fsp3) is 0.375. The molecule has 1 aliphatic rings. The van der Waals surface area contributed by atoms with Crippen molar-refractivity contribution in [3.8, 4) is 5.75 Å². The van der Waals surface area contributed by atoms with Crippen LogP contribution in [0.5, 0.6) is 5.75 Å². The maximum Gasteiger partial charge on any atom is 0.317 e. The fourth-order valence-electron chi connectivity index (χ4n) is 3.83. The van der Waals surface area contributed by atoms with Gasteiger partial charge >= 0.3 is 6.03 Å². The number of hydrogen-bond donors (Lipinski definition) is 3. The topological polar surface area (TPSA) is 99.3 Å². The van der Waals surface area contributed by atoms with Crippen LogP contribution < -0.4 is 15.4 Å². The molecule has 168 valence electrons. The second-order valence-electron chi connectivity index (χ2n) is 7.85. The average molecular weight is 436 g/mol. The molecule has 0 atom stereocenters. The first-order chi connectivity index (χ1) is 15.6. The summed E-state index contributed by atoms with van der Waals surface area (Å²) in [5, 5.41) is 5.81. The minimum absolute atomic E-state index is 0.0104. The Morgan fingerprint density at radius 3 is 2.88 bits per heavy atom. The second kappa shape index (κ2) is 10.2.